The van der Waals surface area contributed by atoms with E-state index in [1.54, 1.807) is 38.3 Å². The van der Waals surface area contributed by atoms with Crippen LogP contribution < -0.4 is 15.6 Å². The molecule has 0 spiro atoms. The van der Waals surface area contributed by atoms with Crippen LogP contribution in [0.3, 0.4) is 0 Å². The maximum absolute atomic E-state index is 12.7. The number of nitrogens with one attached hydrogen (secondary N) is 1. The summed E-state index contributed by atoms with van der Waals surface area (Å²) in [6.07, 6.45) is 1.26. The van der Waals surface area contributed by atoms with Gasteiger partial charge in [0.15, 0.2) is 6.61 Å². The first-order valence-electron chi connectivity index (χ1n) is 9.92. The van der Waals surface area contributed by atoms with Crippen molar-refractivity contribution in [2.45, 2.75) is 19.5 Å². The summed E-state index contributed by atoms with van der Waals surface area (Å²) >= 11 is 0. The molecule has 2 aromatic carbocycles. The highest BCUT2D eigenvalue weighted by Gasteiger charge is 2.17. The number of hydrogen-bond donors (Lipinski definition) is 1. The summed E-state index contributed by atoms with van der Waals surface area (Å²) in [7, 11) is 1.55. The van der Waals surface area contributed by atoms with Crippen molar-refractivity contribution in [2.24, 2.45) is 0 Å². The van der Waals surface area contributed by atoms with Crippen molar-refractivity contribution >= 4 is 33.9 Å². The molecule has 9 nitrogen and oxygen atoms in total. The third kappa shape index (κ3) is 4.18. The lowest BCUT2D eigenvalue weighted by Crippen LogP contribution is -2.32. The van der Waals surface area contributed by atoms with Crippen molar-refractivity contribution in [1.82, 2.24) is 14.9 Å². The molecule has 1 atom stereocenters. The Morgan fingerprint density at radius 2 is 1.91 bits per heavy atom. The Balaban J connectivity index is 1.38. The van der Waals surface area contributed by atoms with E-state index in [0.29, 0.717) is 16.8 Å². The Hall–Kier alpha value is -4.14. The quantitative estimate of drug-likeness (QED) is 0.444. The lowest BCUT2D eigenvalue weighted by Gasteiger charge is -2.17. The molecule has 0 saturated carbocycles. The summed E-state index contributed by atoms with van der Waals surface area (Å²) in [4.78, 5) is 41.3. The lowest BCUT2D eigenvalue weighted by molar-refractivity contribution is -0.149. The van der Waals surface area contributed by atoms with Gasteiger partial charge in [-0.1, -0.05) is 30.3 Å². The van der Waals surface area contributed by atoms with Gasteiger partial charge in [0.05, 0.1) is 19.5 Å². The van der Waals surface area contributed by atoms with Crippen LogP contribution in [0.25, 0.3) is 22.1 Å². The molecule has 0 bridgehead atoms. The fraction of sp³-hybridized carbons (Fsp3) is 0.217. The number of nitrogens with zero attached hydrogens (tertiary/aromatic N) is 2. The van der Waals surface area contributed by atoms with Crippen LogP contribution in [-0.4, -0.2) is 35.1 Å². The molecule has 0 aliphatic carbocycles. The van der Waals surface area contributed by atoms with Crippen LogP contribution in [0.15, 0.2) is 64.1 Å². The second kappa shape index (κ2) is 8.93. The zero-order valence-corrected chi connectivity index (χ0v) is 17.5. The Kier molecular flexibility index (Phi) is 5.89. The monoisotopic (exact) mass is 435 g/mol. The van der Waals surface area contributed by atoms with E-state index in [2.05, 4.69) is 10.3 Å². The average molecular weight is 435 g/mol. The van der Waals surface area contributed by atoms with Gasteiger partial charge in [-0.05, 0) is 25.1 Å². The molecule has 1 unspecified atom stereocenters. The van der Waals surface area contributed by atoms with E-state index in [0.717, 1.165) is 15.5 Å². The van der Waals surface area contributed by atoms with Crippen molar-refractivity contribution in [1.29, 1.82) is 0 Å². The second-order valence-corrected chi connectivity index (χ2v) is 7.15. The van der Waals surface area contributed by atoms with Crippen molar-refractivity contribution in [3.63, 3.8) is 0 Å². The normalized spacial score (nSPS) is 11.9. The van der Waals surface area contributed by atoms with Crippen LogP contribution in [-0.2, 0) is 20.9 Å². The average Bonchev–Trinajstić information content (AvgIpc) is 3.19. The number of benzene rings is 2. The van der Waals surface area contributed by atoms with Crippen molar-refractivity contribution in [3.8, 4) is 5.75 Å². The second-order valence-electron chi connectivity index (χ2n) is 7.15. The molecule has 4 rings (SSSR count). The molecular weight excluding hydrogens is 414 g/mol. The minimum Gasteiger partial charge on any atom is -0.496 e. The number of esters is 1. The SMILES string of the molecule is COc1ccccc1C(C)NC(=O)COC(=O)Cn1cnc2c(oc3ccccc32)c1=O. The third-order valence-electron chi connectivity index (χ3n) is 5.00. The Morgan fingerprint density at radius 3 is 2.72 bits per heavy atom. The molecule has 164 valence electrons. The molecule has 0 aliphatic heterocycles. The largest absolute Gasteiger partial charge is 0.496 e. The van der Waals surface area contributed by atoms with E-state index < -0.39 is 30.6 Å². The molecule has 0 fully saturated rings. The number of hydrogen-bond acceptors (Lipinski definition) is 7. The number of amides is 1. The van der Waals surface area contributed by atoms with E-state index in [1.807, 2.05) is 24.3 Å². The van der Waals surface area contributed by atoms with Crippen molar-refractivity contribution in [3.05, 3.63) is 70.8 Å². The predicted octanol–water partition coefficient (Wildman–Crippen LogP) is 2.57. The molecule has 9 heteroatoms. The highest BCUT2D eigenvalue weighted by molar-refractivity contribution is 6.01. The van der Waals surface area contributed by atoms with Gasteiger partial charge in [0, 0.05) is 10.9 Å². The summed E-state index contributed by atoms with van der Waals surface area (Å²) < 4.78 is 17.0. The highest BCUT2D eigenvalue weighted by atomic mass is 16.5. The summed E-state index contributed by atoms with van der Waals surface area (Å²) in [5.41, 5.74) is 1.32. The molecule has 0 aliphatic rings. The molecule has 0 saturated heterocycles. The van der Waals surface area contributed by atoms with Crippen LogP contribution in [0.2, 0.25) is 0 Å². The summed E-state index contributed by atoms with van der Waals surface area (Å²) in [5, 5.41) is 3.47. The minimum absolute atomic E-state index is 0.0601. The molecule has 1 N–H and O–H groups in total. The first kappa shape index (κ1) is 21.1. The summed E-state index contributed by atoms with van der Waals surface area (Å²) in [6.45, 7) is 0.924. The van der Waals surface area contributed by atoms with Crippen LogP contribution in [0.5, 0.6) is 5.75 Å². The van der Waals surface area contributed by atoms with E-state index in [-0.39, 0.29) is 11.6 Å². The zero-order chi connectivity index (χ0) is 22.7. The van der Waals surface area contributed by atoms with Gasteiger partial charge in [-0.15, -0.1) is 0 Å². The molecule has 0 radical (unpaired) electrons. The van der Waals surface area contributed by atoms with Gasteiger partial charge in [-0.2, -0.15) is 0 Å². The standard InChI is InChI=1S/C23H21N3O6/c1-14(15-7-3-5-9-17(15)30-2)25-19(27)12-31-20(28)11-26-13-24-21-16-8-4-6-10-18(16)32-22(21)23(26)29/h3-10,13-14H,11-12H2,1-2H3,(H,25,27). The van der Waals surface area contributed by atoms with Crippen molar-refractivity contribution in [2.75, 3.05) is 13.7 Å². The molecule has 2 aromatic heterocycles. The predicted molar refractivity (Wildman–Crippen MR) is 116 cm³/mol. The zero-order valence-electron chi connectivity index (χ0n) is 17.5. The number of para-hydroxylation sites is 2. The van der Waals surface area contributed by atoms with E-state index >= 15 is 0 Å². The number of ether oxygens (including phenoxy) is 2. The molecule has 32 heavy (non-hydrogen) atoms. The minimum atomic E-state index is -0.746. The van der Waals surface area contributed by atoms with Crippen LogP contribution in [0, 0.1) is 0 Å². The number of rotatable bonds is 7. The van der Waals surface area contributed by atoms with Gasteiger partial charge in [-0.25, -0.2) is 4.98 Å². The van der Waals surface area contributed by atoms with Crippen molar-refractivity contribution < 1.29 is 23.5 Å². The molecule has 1 amide bonds. The molecule has 4 aromatic rings. The van der Waals surface area contributed by atoms with Gasteiger partial charge >= 0.3 is 5.97 Å². The lowest BCUT2D eigenvalue weighted by atomic mass is 10.1. The van der Waals surface area contributed by atoms with Gasteiger partial charge in [0.2, 0.25) is 5.58 Å². The molecular formula is C23H21N3O6. The van der Waals surface area contributed by atoms with Crippen LogP contribution in [0.1, 0.15) is 18.5 Å². The number of carbonyl (C=O) groups is 2. The Labute approximate surface area is 182 Å². The number of carbonyl (C=O) groups excluding carboxylic acids is 2. The molecule has 2 heterocycles. The smallest absolute Gasteiger partial charge is 0.326 e. The number of methoxy groups -OCH3 is 1. The summed E-state index contributed by atoms with van der Waals surface area (Å²) in [6, 6.07) is 14.1. The number of furan rings is 1. The Bertz CT molecular complexity index is 1360. The van der Waals surface area contributed by atoms with Gasteiger partial charge < -0.3 is 19.2 Å². The Morgan fingerprint density at radius 1 is 1.16 bits per heavy atom. The van der Waals surface area contributed by atoms with Gasteiger partial charge in [-0.3, -0.25) is 19.0 Å². The number of fused-ring (bicyclic) bond motifs is 3. The van der Waals surface area contributed by atoms with Gasteiger partial charge in [0.25, 0.3) is 11.5 Å². The highest BCUT2D eigenvalue weighted by Crippen LogP contribution is 2.25. The van der Waals surface area contributed by atoms with Crippen LogP contribution in [0.4, 0.5) is 0 Å². The van der Waals surface area contributed by atoms with E-state index in [9.17, 15) is 14.4 Å². The topological polar surface area (TPSA) is 113 Å². The van der Waals surface area contributed by atoms with E-state index in [4.69, 9.17) is 13.9 Å². The van der Waals surface area contributed by atoms with Gasteiger partial charge in [0.1, 0.15) is 23.4 Å². The third-order valence-corrected chi connectivity index (χ3v) is 5.00. The first-order chi connectivity index (χ1) is 15.5. The number of aromatic nitrogens is 2. The summed E-state index contributed by atoms with van der Waals surface area (Å²) in [5.74, 6) is -0.579. The van der Waals surface area contributed by atoms with Crippen LogP contribution >= 0.6 is 0 Å². The maximum Gasteiger partial charge on any atom is 0.326 e. The fourth-order valence-electron chi connectivity index (χ4n) is 3.44. The van der Waals surface area contributed by atoms with E-state index in [1.165, 1.54) is 6.33 Å². The maximum atomic E-state index is 12.7. The first-order valence-corrected chi connectivity index (χ1v) is 9.92. The fourth-order valence-corrected chi connectivity index (χ4v) is 3.44.